The Morgan fingerprint density at radius 2 is 0.287 bits per heavy atom. The van der Waals surface area contributed by atoms with E-state index in [-0.39, 0.29) is 42.7 Å². The first-order valence-corrected chi connectivity index (χ1v) is 48.8. The second-order valence-electron chi connectivity index (χ2n) is 48.3. The highest BCUT2D eigenvalue weighted by molar-refractivity contribution is 5.70. The van der Waals surface area contributed by atoms with Gasteiger partial charge in [-0.25, -0.2) is 76.7 Å². The molecule has 0 spiro atoms. The van der Waals surface area contributed by atoms with Gasteiger partial charge in [-0.3, -0.25) is 0 Å². The van der Waals surface area contributed by atoms with Gasteiger partial charge in [0.2, 0.25) is 0 Å². The third-order valence-electron chi connectivity index (χ3n) is 28.3. The summed E-state index contributed by atoms with van der Waals surface area (Å²) < 4.78 is 154. The van der Waals surface area contributed by atoms with Crippen LogP contribution in [-0.2, 0) is 152 Å². The summed E-state index contributed by atoms with van der Waals surface area (Å²) in [6.07, 6.45) is -9.00. The molecule has 7 unspecified atom stereocenters. The molecule has 150 heavy (non-hydrogen) atoms. The molecule has 0 saturated carbocycles. The summed E-state index contributed by atoms with van der Waals surface area (Å²) in [5.41, 5.74) is -11.2. The van der Waals surface area contributed by atoms with E-state index in [0.29, 0.717) is 13.2 Å². The molecule has 7 atom stereocenters. The van der Waals surface area contributed by atoms with Crippen LogP contribution in [0.3, 0.4) is 0 Å². The molecule has 868 valence electrons. The highest BCUT2D eigenvalue weighted by Gasteiger charge is 2.58. The second kappa shape index (κ2) is 48.1. The van der Waals surface area contributed by atoms with Crippen molar-refractivity contribution in [3.63, 3.8) is 0 Å². The summed E-state index contributed by atoms with van der Waals surface area (Å²) in [7, 11) is 0. The van der Waals surface area contributed by atoms with Gasteiger partial charge in [0.15, 0.2) is 0 Å². The number of cyclic esters (lactones) is 32. The second-order valence-corrected chi connectivity index (χ2v) is 48.3. The van der Waals surface area contributed by atoms with Crippen molar-refractivity contribution < 1.29 is 228 Å². The van der Waals surface area contributed by atoms with Gasteiger partial charge in [0.05, 0.1) is 0 Å². The van der Waals surface area contributed by atoms with Crippen molar-refractivity contribution in [2.24, 2.45) is 0 Å². The maximum atomic E-state index is 10.6. The normalized spacial score (nSPS) is 28.7. The summed E-state index contributed by atoms with van der Waals surface area (Å²) in [6, 6.07) is 0. The molecule has 16 aliphatic rings. The van der Waals surface area contributed by atoms with Crippen molar-refractivity contribution in [2.75, 3.05) is 13.2 Å². The van der Waals surface area contributed by atoms with E-state index in [0.717, 1.165) is 6.42 Å². The van der Waals surface area contributed by atoms with Gasteiger partial charge < -0.3 is 152 Å². The van der Waals surface area contributed by atoms with Crippen molar-refractivity contribution in [3.8, 4) is 0 Å². The maximum Gasteiger partial charge on any atom is 0.509 e. The molecule has 0 aromatic carbocycles. The molecule has 0 N–H and O–H groups in total. The Kier molecular flexibility index (Phi) is 43.7. The van der Waals surface area contributed by atoms with E-state index in [1.807, 2.05) is 339 Å². The van der Waals surface area contributed by atoms with Crippen LogP contribution in [0.5, 0.6) is 0 Å². The number of hydrogen-bond acceptors (Lipinski definition) is 48. The monoisotopic (exact) mass is 2170 g/mol. The minimum absolute atomic E-state index is 0.0301. The van der Waals surface area contributed by atoms with Crippen LogP contribution in [0, 0.1) is 0 Å². The van der Waals surface area contributed by atoms with Gasteiger partial charge in [0.25, 0.3) is 0 Å². The smallest absolute Gasteiger partial charge is 0.430 e. The fourth-order valence-corrected chi connectivity index (χ4v) is 10.4. The molecular formula is C102H172O48. The van der Waals surface area contributed by atoms with Gasteiger partial charge in [0.1, 0.15) is 185 Å². The van der Waals surface area contributed by atoms with E-state index in [4.69, 9.17) is 133 Å². The predicted octanol–water partition coefficient (Wildman–Crippen LogP) is 23.5. The first kappa shape index (κ1) is 136. The van der Waals surface area contributed by atoms with E-state index >= 15 is 0 Å². The molecule has 0 amide bonds. The zero-order valence-electron chi connectivity index (χ0n) is 98.3. The third kappa shape index (κ3) is 39.5. The van der Waals surface area contributed by atoms with Crippen molar-refractivity contribution in [1.29, 1.82) is 0 Å². The topological polar surface area (TPSA) is 568 Å². The molecule has 16 aliphatic heterocycles. The summed E-state index contributed by atoms with van der Waals surface area (Å²) >= 11 is 0. The first-order chi connectivity index (χ1) is 66.4. The lowest BCUT2D eigenvalue weighted by Crippen LogP contribution is -2.41. The van der Waals surface area contributed by atoms with Gasteiger partial charge >= 0.3 is 98.5 Å². The molecule has 16 heterocycles. The highest BCUT2D eigenvalue weighted by atomic mass is 16.9. The fraction of sp³-hybridized carbons (Fsp3) is 0.843. The Labute approximate surface area is 881 Å². The van der Waals surface area contributed by atoms with Crippen LogP contribution in [0.1, 0.15) is 373 Å². The minimum Gasteiger partial charge on any atom is -0.430 e. The molecule has 48 nitrogen and oxygen atoms in total. The quantitative estimate of drug-likeness (QED) is 0.174. The number of ether oxygens (including phenoxy) is 32. The Balaban J connectivity index is 0.000000800. The van der Waals surface area contributed by atoms with Crippen molar-refractivity contribution >= 4 is 98.5 Å². The van der Waals surface area contributed by atoms with Crippen LogP contribution in [0.25, 0.3) is 0 Å². The van der Waals surface area contributed by atoms with E-state index < -0.39 is 227 Å². The van der Waals surface area contributed by atoms with E-state index in [1.165, 1.54) is 0 Å². The predicted molar refractivity (Wildman–Crippen MR) is 525 cm³/mol. The number of hydrogen-bond donors (Lipinski definition) is 0. The van der Waals surface area contributed by atoms with Crippen LogP contribution in [0.2, 0.25) is 0 Å². The SMILES string of the molecule is CC1(C)COC(=O)O1.CC1(C)COC(=O)O1.CC1(C)OC(=O)OC1(C)C.CC1(C)OC(=O)OC1(C)C.CC1(C)OC(=O)OC1(C)C.CC1(C)OC(=O)OC1(C)C.CC1(C)OC(=O)OC1(C)C.CC1(C)OC(=O)OC1(C)C.CC1(C)OC(=O)OC1(C)C.CC1(C)OC(=O)OC1(C)C.CC1OC(=O)OC1(C)C.CC1OC(=O)OC1(C)C.CC1OC(=O)OC1(C)C.CC1OC(=O)OC1(C)C.CC1OC(=O)OC1(C)C.CCC1OC(=O)OC1C. The Morgan fingerprint density at radius 3 is 0.320 bits per heavy atom. The molecular weight excluding hydrogens is 1990 g/mol. The van der Waals surface area contributed by atoms with Gasteiger partial charge in [-0.05, 0) is 366 Å². The maximum absolute atomic E-state index is 10.6. The Hall–Kier alpha value is -11.7. The molecule has 0 aromatic heterocycles. The largest absolute Gasteiger partial charge is 0.509 e. The molecule has 0 radical (unpaired) electrons. The molecule has 16 rings (SSSR count). The van der Waals surface area contributed by atoms with Gasteiger partial charge in [-0.2, -0.15) is 0 Å². The van der Waals surface area contributed by atoms with Crippen molar-refractivity contribution in [1.82, 2.24) is 0 Å². The van der Waals surface area contributed by atoms with Crippen LogP contribution in [-0.4, -0.2) is 283 Å². The average Bonchev–Trinajstić information content (AvgIpc) is 1.66. The lowest BCUT2D eigenvalue weighted by Gasteiger charge is -2.28. The van der Waals surface area contributed by atoms with Crippen LogP contribution in [0.4, 0.5) is 76.7 Å². The lowest BCUT2D eigenvalue weighted by molar-refractivity contribution is 0.00578. The third-order valence-corrected chi connectivity index (χ3v) is 28.3. The van der Waals surface area contributed by atoms with Gasteiger partial charge in [-0.1, -0.05) is 6.92 Å². The molecule has 0 aromatic rings. The summed E-state index contributed by atoms with van der Waals surface area (Å²) in [6.45, 7) is 97.6. The molecule has 0 bridgehead atoms. The van der Waals surface area contributed by atoms with Crippen molar-refractivity contribution in [2.45, 2.75) is 545 Å². The lowest BCUT2D eigenvalue weighted by atomic mass is 9.90. The van der Waals surface area contributed by atoms with E-state index in [1.54, 1.807) is 27.7 Å². The number of rotatable bonds is 1. The summed E-state index contributed by atoms with van der Waals surface area (Å²) in [5, 5.41) is 0. The molecule has 48 heteroatoms. The van der Waals surface area contributed by atoms with Crippen LogP contribution < -0.4 is 0 Å². The zero-order chi connectivity index (χ0) is 119. The van der Waals surface area contributed by atoms with Gasteiger partial charge in [0, 0.05) is 0 Å². The summed E-state index contributed by atoms with van der Waals surface area (Å²) in [5.74, 6) is 0. The van der Waals surface area contributed by atoms with Gasteiger partial charge in [-0.15, -0.1) is 0 Å². The standard InChI is InChI=1S/8C7H12O3.6C6H10O3.2C5H8O3/c8*1-6(2)7(3,4)10-5(8)9-6;5*1-4-6(2,3)9-5(7)8-4;1-3-5-4(2)8-6(7)9-5;2*1-5(2)3-7-4(6)8-5/h8*1-4H3;5*4H,1-3H3;4-5H,3H2,1-2H3;2*3H2,1-2H3. The first-order valence-electron chi connectivity index (χ1n) is 48.8. The molecule has 0 aliphatic carbocycles. The highest BCUT2D eigenvalue weighted by Crippen LogP contribution is 2.44. The van der Waals surface area contributed by atoms with Crippen molar-refractivity contribution in [3.05, 3.63) is 0 Å². The minimum atomic E-state index is -0.574. The molecule has 16 fully saturated rings. The fourth-order valence-electron chi connectivity index (χ4n) is 10.4. The zero-order valence-corrected chi connectivity index (χ0v) is 98.3. The Morgan fingerprint density at radius 1 is 0.160 bits per heavy atom. The number of carbonyl (C=O) groups is 16. The average molecular weight is 2170 g/mol. The van der Waals surface area contributed by atoms with E-state index in [2.05, 4.69) is 18.9 Å². The molecule has 16 saturated heterocycles. The van der Waals surface area contributed by atoms with E-state index in [9.17, 15) is 76.7 Å². The van der Waals surface area contributed by atoms with Crippen LogP contribution >= 0.6 is 0 Å². The van der Waals surface area contributed by atoms with Crippen LogP contribution in [0.15, 0.2) is 0 Å². The summed E-state index contributed by atoms with van der Waals surface area (Å²) in [4.78, 5) is 168. The number of carbonyl (C=O) groups excluding carboxylic acids is 16. The Bertz CT molecular complexity index is 3870.